The van der Waals surface area contributed by atoms with Crippen molar-refractivity contribution in [2.24, 2.45) is 0 Å². The molecule has 0 spiro atoms. The Morgan fingerprint density at radius 2 is 2.33 bits per heavy atom. The van der Waals surface area contributed by atoms with Crippen molar-refractivity contribution >= 4 is 5.91 Å². The molecule has 1 aromatic heterocycles. The van der Waals surface area contributed by atoms with Gasteiger partial charge in [0.15, 0.2) is 6.61 Å². The molecule has 0 saturated carbocycles. The third-order valence-corrected chi connectivity index (χ3v) is 2.22. The van der Waals surface area contributed by atoms with E-state index >= 15 is 0 Å². The molecule has 1 rings (SSSR count). The average molecular weight is 249 g/mol. The van der Waals surface area contributed by atoms with Gasteiger partial charge in [-0.15, -0.1) is 6.58 Å². The van der Waals surface area contributed by atoms with E-state index in [0.717, 1.165) is 11.4 Å². The Morgan fingerprint density at radius 1 is 1.56 bits per heavy atom. The molecule has 0 aliphatic rings. The van der Waals surface area contributed by atoms with Gasteiger partial charge in [0, 0.05) is 18.8 Å². The first-order valence-corrected chi connectivity index (χ1v) is 5.79. The van der Waals surface area contributed by atoms with Crippen LogP contribution in [0.25, 0.3) is 0 Å². The van der Waals surface area contributed by atoms with Crippen molar-refractivity contribution in [2.75, 3.05) is 20.2 Å². The highest BCUT2D eigenvalue weighted by Crippen LogP contribution is 2.16. The van der Waals surface area contributed by atoms with Gasteiger partial charge in [-0.1, -0.05) is 6.08 Å². The Bertz CT molecular complexity index is 419. The van der Waals surface area contributed by atoms with Crippen molar-refractivity contribution in [1.82, 2.24) is 15.6 Å². The van der Waals surface area contributed by atoms with E-state index in [9.17, 15) is 4.79 Å². The number of ether oxygens (including phenoxy) is 1. The molecule has 1 amide bonds. The Balaban J connectivity index is 2.60. The molecular formula is C13H19N3O2. The third kappa shape index (κ3) is 4.55. The molecule has 1 aromatic rings. The van der Waals surface area contributed by atoms with Crippen molar-refractivity contribution in [1.29, 1.82) is 0 Å². The predicted octanol–water partition coefficient (Wildman–Crippen LogP) is 0.790. The number of carbonyl (C=O) groups is 1. The minimum Gasteiger partial charge on any atom is -0.482 e. The molecule has 0 unspecified atom stereocenters. The molecule has 5 nitrogen and oxygen atoms in total. The van der Waals surface area contributed by atoms with Crippen molar-refractivity contribution in [2.45, 2.75) is 13.5 Å². The molecule has 98 valence electrons. The number of pyridine rings is 1. The molecule has 0 saturated heterocycles. The monoisotopic (exact) mass is 249 g/mol. The maximum Gasteiger partial charge on any atom is 0.258 e. The number of carbonyl (C=O) groups excluding carboxylic acids is 1. The lowest BCUT2D eigenvalue weighted by molar-refractivity contribution is -0.122. The van der Waals surface area contributed by atoms with Gasteiger partial charge < -0.3 is 15.4 Å². The van der Waals surface area contributed by atoms with E-state index in [4.69, 9.17) is 4.74 Å². The number of hydrogen-bond donors (Lipinski definition) is 2. The molecule has 0 bridgehead atoms. The van der Waals surface area contributed by atoms with E-state index in [2.05, 4.69) is 22.2 Å². The summed E-state index contributed by atoms with van der Waals surface area (Å²) in [5.74, 6) is 0.453. The molecule has 0 radical (unpaired) electrons. The van der Waals surface area contributed by atoms with Crippen LogP contribution >= 0.6 is 0 Å². The normalized spacial score (nSPS) is 9.89. The van der Waals surface area contributed by atoms with E-state index in [-0.39, 0.29) is 12.5 Å². The van der Waals surface area contributed by atoms with Gasteiger partial charge in [-0.3, -0.25) is 9.78 Å². The zero-order valence-electron chi connectivity index (χ0n) is 10.8. The summed E-state index contributed by atoms with van der Waals surface area (Å²) < 4.78 is 5.45. The van der Waals surface area contributed by atoms with Gasteiger partial charge in [0.1, 0.15) is 5.75 Å². The van der Waals surface area contributed by atoms with Gasteiger partial charge in [0.25, 0.3) is 5.91 Å². The number of nitrogens with one attached hydrogen (secondary N) is 2. The largest absolute Gasteiger partial charge is 0.482 e. The van der Waals surface area contributed by atoms with Gasteiger partial charge in [0.2, 0.25) is 0 Å². The van der Waals surface area contributed by atoms with E-state index in [1.165, 1.54) is 0 Å². The quantitative estimate of drug-likeness (QED) is 0.701. The van der Waals surface area contributed by atoms with Gasteiger partial charge in [-0.25, -0.2) is 0 Å². The Hall–Kier alpha value is -1.88. The summed E-state index contributed by atoms with van der Waals surface area (Å²) >= 11 is 0. The molecule has 1 heterocycles. The number of aromatic nitrogens is 1. The van der Waals surface area contributed by atoms with E-state index in [1.54, 1.807) is 6.08 Å². The minimum atomic E-state index is -0.175. The average Bonchev–Trinajstić information content (AvgIpc) is 2.36. The van der Waals surface area contributed by atoms with Crippen molar-refractivity contribution < 1.29 is 9.53 Å². The van der Waals surface area contributed by atoms with Gasteiger partial charge in [0.05, 0.1) is 5.69 Å². The lowest BCUT2D eigenvalue weighted by Crippen LogP contribution is -2.29. The molecule has 0 atom stereocenters. The van der Waals surface area contributed by atoms with Crippen LogP contribution in [0.2, 0.25) is 0 Å². The van der Waals surface area contributed by atoms with E-state index < -0.39 is 0 Å². The first kappa shape index (κ1) is 14.2. The summed E-state index contributed by atoms with van der Waals surface area (Å²) in [4.78, 5) is 15.8. The van der Waals surface area contributed by atoms with Crippen molar-refractivity contribution in [3.63, 3.8) is 0 Å². The summed E-state index contributed by atoms with van der Waals surface area (Å²) in [6.07, 6.45) is 1.62. The number of amides is 1. The van der Waals surface area contributed by atoms with Crippen LogP contribution in [-0.4, -0.2) is 31.1 Å². The first-order chi connectivity index (χ1) is 8.67. The standard InChI is InChI=1S/C13H19N3O2/c1-4-7-15-13(17)9-18-12-6-5-10(2)16-11(12)8-14-3/h4-6,14H,1,7-9H2,2-3H3,(H,15,17). The second-order valence-electron chi connectivity index (χ2n) is 3.81. The van der Waals surface area contributed by atoms with Gasteiger partial charge in [-0.2, -0.15) is 0 Å². The van der Waals surface area contributed by atoms with Gasteiger partial charge in [-0.05, 0) is 26.1 Å². The zero-order valence-corrected chi connectivity index (χ0v) is 10.8. The Kier molecular flexibility index (Phi) is 5.87. The molecule has 18 heavy (non-hydrogen) atoms. The SMILES string of the molecule is C=CCNC(=O)COc1ccc(C)nc1CNC. The second kappa shape index (κ2) is 7.45. The zero-order chi connectivity index (χ0) is 13.4. The van der Waals surface area contributed by atoms with Crippen molar-refractivity contribution in [3.05, 3.63) is 36.2 Å². The van der Waals surface area contributed by atoms with Crippen LogP contribution in [0, 0.1) is 6.92 Å². The van der Waals surface area contributed by atoms with Crippen LogP contribution in [0.5, 0.6) is 5.75 Å². The van der Waals surface area contributed by atoms with Crippen LogP contribution in [0.15, 0.2) is 24.8 Å². The van der Waals surface area contributed by atoms with Gasteiger partial charge >= 0.3 is 0 Å². The smallest absolute Gasteiger partial charge is 0.258 e. The van der Waals surface area contributed by atoms with Crippen LogP contribution in [-0.2, 0) is 11.3 Å². The lowest BCUT2D eigenvalue weighted by atomic mass is 10.3. The fourth-order valence-electron chi connectivity index (χ4n) is 1.40. The summed E-state index contributed by atoms with van der Waals surface area (Å²) in [7, 11) is 1.84. The van der Waals surface area contributed by atoms with Crippen molar-refractivity contribution in [3.8, 4) is 5.75 Å². The molecule has 2 N–H and O–H groups in total. The highest BCUT2D eigenvalue weighted by atomic mass is 16.5. The number of aryl methyl sites for hydroxylation is 1. The highest BCUT2D eigenvalue weighted by Gasteiger charge is 2.07. The lowest BCUT2D eigenvalue weighted by Gasteiger charge is -2.11. The molecule has 0 aliphatic heterocycles. The summed E-state index contributed by atoms with van der Waals surface area (Å²) in [5, 5.41) is 5.66. The minimum absolute atomic E-state index is 0.0186. The van der Waals surface area contributed by atoms with Crippen LogP contribution in [0.4, 0.5) is 0 Å². The van der Waals surface area contributed by atoms with E-state index in [0.29, 0.717) is 18.8 Å². The molecule has 0 fully saturated rings. The maximum absolute atomic E-state index is 11.4. The highest BCUT2D eigenvalue weighted by molar-refractivity contribution is 5.77. The maximum atomic E-state index is 11.4. The Morgan fingerprint density at radius 3 is 3.00 bits per heavy atom. The molecule has 0 aliphatic carbocycles. The Labute approximate surface area is 107 Å². The summed E-state index contributed by atoms with van der Waals surface area (Å²) in [5.41, 5.74) is 1.72. The molecule has 0 aromatic carbocycles. The number of rotatable bonds is 7. The number of nitrogens with zero attached hydrogens (tertiary/aromatic N) is 1. The fourth-order valence-corrected chi connectivity index (χ4v) is 1.40. The first-order valence-electron chi connectivity index (χ1n) is 5.79. The van der Waals surface area contributed by atoms with Crippen LogP contribution < -0.4 is 15.4 Å². The topological polar surface area (TPSA) is 63.2 Å². The molecular weight excluding hydrogens is 230 g/mol. The third-order valence-electron chi connectivity index (χ3n) is 2.22. The molecule has 5 heteroatoms. The van der Waals surface area contributed by atoms with E-state index in [1.807, 2.05) is 26.1 Å². The summed E-state index contributed by atoms with van der Waals surface area (Å²) in [6.45, 7) is 6.47. The fraction of sp³-hybridized carbons (Fsp3) is 0.385. The summed E-state index contributed by atoms with van der Waals surface area (Å²) in [6, 6.07) is 3.69. The second-order valence-corrected chi connectivity index (χ2v) is 3.81. The predicted molar refractivity (Wildman–Crippen MR) is 70.4 cm³/mol. The number of hydrogen-bond acceptors (Lipinski definition) is 4. The van der Waals surface area contributed by atoms with Crippen LogP contribution in [0.3, 0.4) is 0 Å². The van der Waals surface area contributed by atoms with Crippen LogP contribution in [0.1, 0.15) is 11.4 Å².